The molecule has 3 aromatic carbocycles. The van der Waals surface area contributed by atoms with Crippen LogP contribution in [0.5, 0.6) is 11.5 Å². The van der Waals surface area contributed by atoms with Crippen LogP contribution in [0.2, 0.25) is 10.0 Å². The van der Waals surface area contributed by atoms with Gasteiger partial charge in [0.2, 0.25) is 0 Å². The molecule has 0 heterocycles. The Morgan fingerprint density at radius 1 is 1.00 bits per heavy atom. The minimum absolute atomic E-state index is 0.0309. The van der Waals surface area contributed by atoms with Crippen molar-refractivity contribution in [3.63, 3.8) is 0 Å². The second-order valence-electron chi connectivity index (χ2n) is 8.46. The molecule has 0 saturated carbocycles. The topological polar surface area (TPSA) is 59.9 Å². The van der Waals surface area contributed by atoms with Crippen LogP contribution < -0.4 is 14.9 Å². The lowest BCUT2D eigenvalue weighted by Crippen LogP contribution is -2.18. The SMILES string of the molecule is COc1cc(/C=N/NC(=O)c2ccc(C(C)(C)C)cc2)ccc1OCc1ccc(Cl)cc1Cl. The average molecular weight is 485 g/mol. The van der Waals surface area contributed by atoms with Gasteiger partial charge in [-0.05, 0) is 59.0 Å². The Labute approximate surface area is 204 Å². The Balaban J connectivity index is 1.62. The number of carbonyl (C=O) groups excluding carboxylic acids is 1. The van der Waals surface area contributed by atoms with Crippen molar-refractivity contribution >= 4 is 35.3 Å². The molecule has 0 atom stereocenters. The molecule has 0 aromatic heterocycles. The fourth-order valence-electron chi connectivity index (χ4n) is 3.03. The van der Waals surface area contributed by atoms with Crippen LogP contribution in [0.15, 0.2) is 65.8 Å². The van der Waals surface area contributed by atoms with Crippen LogP contribution in [-0.4, -0.2) is 19.2 Å². The van der Waals surface area contributed by atoms with Crippen LogP contribution in [0.25, 0.3) is 0 Å². The first kappa shape index (κ1) is 24.6. The van der Waals surface area contributed by atoms with Crippen molar-refractivity contribution in [1.29, 1.82) is 0 Å². The summed E-state index contributed by atoms with van der Waals surface area (Å²) < 4.78 is 11.3. The third kappa shape index (κ3) is 6.73. The molecule has 0 aliphatic carbocycles. The van der Waals surface area contributed by atoms with E-state index < -0.39 is 0 Å². The number of halogens is 2. The minimum Gasteiger partial charge on any atom is -0.493 e. The summed E-state index contributed by atoms with van der Waals surface area (Å²) in [7, 11) is 1.56. The quantitative estimate of drug-likeness (QED) is 0.301. The Kier molecular flexibility index (Phi) is 8.01. The van der Waals surface area contributed by atoms with Crippen molar-refractivity contribution < 1.29 is 14.3 Å². The zero-order valence-corrected chi connectivity index (χ0v) is 20.5. The average Bonchev–Trinajstić information content (AvgIpc) is 2.78. The van der Waals surface area contributed by atoms with Gasteiger partial charge >= 0.3 is 0 Å². The van der Waals surface area contributed by atoms with E-state index in [9.17, 15) is 4.79 Å². The number of benzene rings is 3. The zero-order valence-electron chi connectivity index (χ0n) is 19.0. The normalized spacial score (nSPS) is 11.5. The molecule has 0 bridgehead atoms. The fourth-order valence-corrected chi connectivity index (χ4v) is 3.49. The van der Waals surface area contributed by atoms with E-state index in [-0.39, 0.29) is 17.9 Å². The van der Waals surface area contributed by atoms with Crippen molar-refractivity contribution in [1.82, 2.24) is 5.43 Å². The summed E-state index contributed by atoms with van der Waals surface area (Å²) in [6.07, 6.45) is 1.55. The Hall–Kier alpha value is -3.02. The largest absolute Gasteiger partial charge is 0.493 e. The lowest BCUT2D eigenvalue weighted by atomic mass is 9.87. The van der Waals surface area contributed by atoms with Crippen LogP contribution >= 0.6 is 23.2 Å². The van der Waals surface area contributed by atoms with Crippen molar-refractivity contribution in [2.75, 3.05) is 7.11 Å². The highest BCUT2D eigenvalue weighted by molar-refractivity contribution is 6.35. The van der Waals surface area contributed by atoms with Crippen molar-refractivity contribution in [3.8, 4) is 11.5 Å². The first-order valence-electron chi connectivity index (χ1n) is 10.4. The predicted molar refractivity (Wildman–Crippen MR) is 134 cm³/mol. The summed E-state index contributed by atoms with van der Waals surface area (Å²) in [5, 5.41) is 5.16. The number of hydrogen-bond acceptors (Lipinski definition) is 4. The van der Waals surface area contributed by atoms with Gasteiger partial charge in [-0.15, -0.1) is 0 Å². The van der Waals surface area contributed by atoms with Crippen LogP contribution in [0.3, 0.4) is 0 Å². The Bertz CT molecular complexity index is 1150. The lowest BCUT2D eigenvalue weighted by Gasteiger charge is -2.18. The second kappa shape index (κ2) is 10.7. The maximum Gasteiger partial charge on any atom is 0.271 e. The molecular weight excluding hydrogens is 459 g/mol. The smallest absolute Gasteiger partial charge is 0.271 e. The summed E-state index contributed by atoms with van der Waals surface area (Å²) >= 11 is 12.1. The molecule has 0 saturated heterocycles. The van der Waals surface area contributed by atoms with Gasteiger partial charge in [-0.2, -0.15) is 5.10 Å². The summed E-state index contributed by atoms with van der Waals surface area (Å²) in [5.41, 5.74) is 5.84. The maximum atomic E-state index is 12.4. The summed E-state index contributed by atoms with van der Waals surface area (Å²) in [6, 6.07) is 18.1. The van der Waals surface area contributed by atoms with Crippen molar-refractivity contribution in [2.45, 2.75) is 32.8 Å². The zero-order chi connectivity index (χ0) is 24.0. The highest BCUT2D eigenvalue weighted by atomic mass is 35.5. The lowest BCUT2D eigenvalue weighted by molar-refractivity contribution is 0.0955. The van der Waals surface area contributed by atoms with E-state index in [4.69, 9.17) is 32.7 Å². The number of hydrogen-bond donors (Lipinski definition) is 1. The van der Waals surface area contributed by atoms with Crippen LogP contribution in [0, 0.1) is 0 Å². The van der Waals surface area contributed by atoms with Gasteiger partial charge in [-0.3, -0.25) is 4.79 Å². The number of hydrazone groups is 1. The van der Waals surface area contributed by atoms with Crippen LogP contribution in [0.1, 0.15) is 47.8 Å². The first-order valence-corrected chi connectivity index (χ1v) is 11.1. The molecule has 0 aliphatic rings. The molecule has 0 spiro atoms. The molecule has 0 radical (unpaired) electrons. The monoisotopic (exact) mass is 484 g/mol. The van der Waals surface area contributed by atoms with Crippen LogP contribution in [0.4, 0.5) is 0 Å². The highest BCUT2D eigenvalue weighted by Crippen LogP contribution is 2.30. The number of amides is 1. The van der Waals surface area contributed by atoms with Crippen molar-refractivity contribution in [2.24, 2.45) is 5.10 Å². The predicted octanol–water partition coefficient (Wildman–Crippen LogP) is 6.64. The summed E-state index contributed by atoms with van der Waals surface area (Å²) in [5.74, 6) is 0.815. The third-order valence-electron chi connectivity index (χ3n) is 4.98. The van der Waals surface area contributed by atoms with Gasteiger partial charge < -0.3 is 9.47 Å². The fraction of sp³-hybridized carbons (Fsp3) is 0.231. The molecule has 33 heavy (non-hydrogen) atoms. The van der Waals surface area contributed by atoms with E-state index in [0.29, 0.717) is 27.1 Å². The van der Waals surface area contributed by atoms with Gasteiger partial charge in [-0.1, -0.05) is 62.2 Å². The van der Waals surface area contributed by atoms with E-state index in [1.165, 1.54) is 0 Å². The van der Waals surface area contributed by atoms with Gasteiger partial charge in [0, 0.05) is 21.2 Å². The molecule has 1 amide bonds. The molecule has 3 aromatic rings. The molecule has 0 fully saturated rings. The molecule has 1 N–H and O–H groups in total. The standard InChI is InChI=1S/C26H26Cl2N2O3/c1-26(2,3)20-9-6-18(7-10-20)25(31)30-29-15-17-5-12-23(24(13-17)32-4)33-16-19-8-11-21(27)14-22(19)28/h5-15H,16H2,1-4H3,(H,30,31)/b29-15+. The Morgan fingerprint density at radius 2 is 1.73 bits per heavy atom. The van der Waals surface area contributed by atoms with E-state index in [0.717, 1.165) is 16.7 Å². The third-order valence-corrected chi connectivity index (χ3v) is 5.57. The van der Waals surface area contributed by atoms with Gasteiger partial charge in [0.05, 0.1) is 13.3 Å². The molecule has 0 unspecified atom stereocenters. The number of ether oxygens (including phenoxy) is 2. The van der Waals surface area contributed by atoms with E-state index in [2.05, 4.69) is 31.3 Å². The van der Waals surface area contributed by atoms with Crippen LogP contribution in [-0.2, 0) is 12.0 Å². The molecule has 0 aliphatic heterocycles. The summed E-state index contributed by atoms with van der Waals surface area (Å²) in [4.78, 5) is 12.4. The number of methoxy groups -OCH3 is 1. The number of carbonyl (C=O) groups is 1. The van der Waals surface area contributed by atoms with Gasteiger partial charge in [0.1, 0.15) is 6.61 Å². The highest BCUT2D eigenvalue weighted by Gasteiger charge is 2.14. The van der Waals surface area contributed by atoms with Gasteiger partial charge in [0.15, 0.2) is 11.5 Å². The molecule has 3 rings (SSSR count). The van der Waals surface area contributed by atoms with Gasteiger partial charge in [-0.25, -0.2) is 5.43 Å². The molecular formula is C26H26Cl2N2O3. The second-order valence-corrected chi connectivity index (χ2v) is 9.30. The Morgan fingerprint density at radius 3 is 2.36 bits per heavy atom. The van der Waals surface area contributed by atoms with Gasteiger partial charge in [0.25, 0.3) is 5.91 Å². The van der Waals surface area contributed by atoms with E-state index in [1.54, 1.807) is 49.7 Å². The maximum absolute atomic E-state index is 12.4. The number of nitrogens with zero attached hydrogens (tertiary/aromatic N) is 1. The molecule has 172 valence electrons. The minimum atomic E-state index is -0.279. The molecule has 7 heteroatoms. The van der Waals surface area contributed by atoms with E-state index in [1.807, 2.05) is 24.3 Å². The van der Waals surface area contributed by atoms with E-state index >= 15 is 0 Å². The molecule has 5 nitrogen and oxygen atoms in total. The first-order chi connectivity index (χ1) is 15.7. The number of nitrogens with one attached hydrogen (secondary N) is 1. The summed E-state index contributed by atoms with van der Waals surface area (Å²) in [6.45, 7) is 6.65. The van der Waals surface area contributed by atoms with Crippen molar-refractivity contribution in [3.05, 3.63) is 93.0 Å². The number of rotatable bonds is 7.